The Bertz CT molecular complexity index is 954. The van der Waals surface area contributed by atoms with Crippen molar-refractivity contribution >= 4 is 27.7 Å². The van der Waals surface area contributed by atoms with E-state index in [4.69, 9.17) is 4.74 Å². The standard InChI is InChI=1S/C20H22N2O4S2/c23-20(21-18-9-14-27-19-4-2-1-3-17(18)19)15-5-7-16(8-6-15)28(24,25)22-10-12-26-13-11-22/h1-8,18H,9-14H2,(H,21,23)/t18-/m0/s1. The molecule has 0 radical (unpaired) electrons. The number of ether oxygens (including phenoxy) is 1. The van der Waals surface area contributed by atoms with Gasteiger partial charge >= 0.3 is 0 Å². The Balaban J connectivity index is 1.48. The van der Waals surface area contributed by atoms with E-state index < -0.39 is 10.0 Å². The second-order valence-electron chi connectivity index (χ2n) is 6.74. The maximum absolute atomic E-state index is 12.7. The van der Waals surface area contributed by atoms with Crippen molar-refractivity contribution < 1.29 is 17.9 Å². The number of amides is 1. The molecule has 0 aliphatic carbocycles. The van der Waals surface area contributed by atoms with E-state index in [1.807, 2.05) is 18.2 Å². The van der Waals surface area contributed by atoms with E-state index in [9.17, 15) is 13.2 Å². The van der Waals surface area contributed by atoms with Gasteiger partial charge in [-0.05, 0) is 42.3 Å². The molecule has 0 aromatic heterocycles. The van der Waals surface area contributed by atoms with Gasteiger partial charge in [-0.2, -0.15) is 4.31 Å². The van der Waals surface area contributed by atoms with E-state index >= 15 is 0 Å². The van der Waals surface area contributed by atoms with Crippen molar-refractivity contribution in [3.8, 4) is 0 Å². The number of nitrogens with one attached hydrogen (secondary N) is 1. The Hall–Kier alpha value is -1.87. The second kappa shape index (κ2) is 8.24. The van der Waals surface area contributed by atoms with Crippen molar-refractivity contribution in [2.24, 2.45) is 0 Å². The number of benzene rings is 2. The predicted octanol–water partition coefficient (Wildman–Crippen LogP) is 2.67. The van der Waals surface area contributed by atoms with Gasteiger partial charge in [0.05, 0.1) is 24.2 Å². The number of morpholine rings is 1. The molecule has 2 aliphatic rings. The molecule has 1 N–H and O–H groups in total. The van der Waals surface area contributed by atoms with Crippen molar-refractivity contribution in [1.82, 2.24) is 9.62 Å². The minimum Gasteiger partial charge on any atom is -0.379 e. The molecular formula is C20H22N2O4S2. The zero-order valence-electron chi connectivity index (χ0n) is 15.3. The molecule has 1 amide bonds. The number of nitrogens with zero attached hydrogens (tertiary/aromatic N) is 1. The highest BCUT2D eigenvalue weighted by Crippen LogP contribution is 2.35. The molecule has 0 saturated carbocycles. The third kappa shape index (κ3) is 3.96. The molecule has 1 atom stereocenters. The summed E-state index contributed by atoms with van der Waals surface area (Å²) < 4.78 is 32.0. The summed E-state index contributed by atoms with van der Waals surface area (Å²) in [6.07, 6.45) is 0.872. The van der Waals surface area contributed by atoms with E-state index in [0.717, 1.165) is 17.7 Å². The molecule has 1 saturated heterocycles. The smallest absolute Gasteiger partial charge is 0.251 e. The number of sulfonamides is 1. The van der Waals surface area contributed by atoms with Gasteiger partial charge in [-0.25, -0.2) is 8.42 Å². The first-order valence-electron chi connectivity index (χ1n) is 9.26. The molecule has 2 heterocycles. The van der Waals surface area contributed by atoms with Gasteiger partial charge in [-0.3, -0.25) is 4.79 Å². The van der Waals surface area contributed by atoms with Crippen LogP contribution in [-0.4, -0.2) is 50.7 Å². The van der Waals surface area contributed by atoms with E-state index in [2.05, 4.69) is 11.4 Å². The highest BCUT2D eigenvalue weighted by Gasteiger charge is 2.27. The van der Waals surface area contributed by atoms with Gasteiger partial charge < -0.3 is 10.1 Å². The van der Waals surface area contributed by atoms with Gasteiger partial charge in [0.1, 0.15) is 0 Å². The average molecular weight is 419 g/mol. The molecule has 148 valence electrons. The van der Waals surface area contributed by atoms with Crippen LogP contribution in [0.25, 0.3) is 0 Å². The molecule has 0 unspecified atom stereocenters. The molecule has 2 aromatic carbocycles. The predicted molar refractivity (Wildman–Crippen MR) is 108 cm³/mol. The van der Waals surface area contributed by atoms with Crippen LogP contribution in [0.3, 0.4) is 0 Å². The number of carbonyl (C=O) groups excluding carboxylic acids is 1. The van der Waals surface area contributed by atoms with Crippen molar-refractivity contribution in [2.75, 3.05) is 32.1 Å². The summed E-state index contributed by atoms with van der Waals surface area (Å²) in [6.45, 7) is 1.51. The molecule has 2 aromatic rings. The number of hydrogen-bond acceptors (Lipinski definition) is 5. The van der Waals surface area contributed by atoms with E-state index in [-0.39, 0.29) is 16.8 Å². The SMILES string of the molecule is O=C(N[C@H]1CCSc2ccccc21)c1ccc(S(=O)(=O)N2CCOCC2)cc1. The fourth-order valence-corrected chi connectivity index (χ4v) is 5.98. The fraction of sp³-hybridized carbons (Fsp3) is 0.350. The Kier molecular flexibility index (Phi) is 5.73. The van der Waals surface area contributed by atoms with Crippen LogP contribution < -0.4 is 5.32 Å². The van der Waals surface area contributed by atoms with Crippen LogP contribution in [0.2, 0.25) is 0 Å². The summed E-state index contributed by atoms with van der Waals surface area (Å²) in [5.74, 6) is 0.764. The fourth-order valence-electron chi connectivity index (χ4n) is 3.45. The lowest BCUT2D eigenvalue weighted by molar-refractivity contribution is 0.0730. The Morgan fingerprint density at radius 3 is 2.54 bits per heavy atom. The van der Waals surface area contributed by atoms with Crippen molar-refractivity contribution in [2.45, 2.75) is 22.3 Å². The number of carbonyl (C=O) groups is 1. The lowest BCUT2D eigenvalue weighted by Gasteiger charge is -2.26. The molecular weight excluding hydrogens is 396 g/mol. The zero-order valence-corrected chi connectivity index (χ0v) is 17.0. The summed E-state index contributed by atoms with van der Waals surface area (Å²) in [5.41, 5.74) is 1.59. The first kappa shape index (κ1) is 19.4. The minimum absolute atomic E-state index is 0.0262. The largest absolute Gasteiger partial charge is 0.379 e. The first-order valence-corrected chi connectivity index (χ1v) is 11.7. The lowest BCUT2D eigenvalue weighted by Crippen LogP contribution is -2.40. The Morgan fingerprint density at radius 1 is 1.07 bits per heavy atom. The van der Waals surface area contributed by atoms with E-state index in [0.29, 0.717) is 31.9 Å². The maximum Gasteiger partial charge on any atom is 0.251 e. The third-order valence-corrected chi connectivity index (χ3v) is 8.02. The first-order chi connectivity index (χ1) is 13.6. The summed E-state index contributed by atoms with van der Waals surface area (Å²) in [4.78, 5) is 14.1. The molecule has 1 fully saturated rings. The maximum atomic E-state index is 12.7. The summed E-state index contributed by atoms with van der Waals surface area (Å²) in [7, 11) is -3.55. The molecule has 2 aliphatic heterocycles. The van der Waals surface area contributed by atoms with Crippen LogP contribution >= 0.6 is 11.8 Å². The van der Waals surface area contributed by atoms with Crippen molar-refractivity contribution in [3.63, 3.8) is 0 Å². The number of fused-ring (bicyclic) bond motifs is 1. The molecule has 4 rings (SSSR count). The molecule has 6 nitrogen and oxygen atoms in total. The van der Waals surface area contributed by atoms with E-state index in [1.54, 1.807) is 23.9 Å². The van der Waals surface area contributed by atoms with Crippen LogP contribution in [0, 0.1) is 0 Å². The lowest BCUT2D eigenvalue weighted by atomic mass is 10.0. The van der Waals surface area contributed by atoms with Crippen LogP contribution in [0.15, 0.2) is 58.3 Å². The van der Waals surface area contributed by atoms with Gasteiger partial charge in [-0.1, -0.05) is 18.2 Å². The topological polar surface area (TPSA) is 75.7 Å². The monoisotopic (exact) mass is 418 g/mol. The quantitative estimate of drug-likeness (QED) is 0.826. The van der Waals surface area contributed by atoms with Gasteiger partial charge in [0.15, 0.2) is 0 Å². The van der Waals surface area contributed by atoms with Crippen LogP contribution in [0.5, 0.6) is 0 Å². The third-order valence-electron chi connectivity index (χ3n) is 4.99. The summed E-state index contributed by atoms with van der Waals surface area (Å²) >= 11 is 1.80. The summed E-state index contributed by atoms with van der Waals surface area (Å²) in [5, 5.41) is 3.08. The van der Waals surface area contributed by atoms with Crippen molar-refractivity contribution in [1.29, 1.82) is 0 Å². The second-order valence-corrected chi connectivity index (χ2v) is 9.82. The highest BCUT2D eigenvalue weighted by molar-refractivity contribution is 7.99. The number of thioether (sulfide) groups is 1. The normalized spacial score (nSPS) is 20.4. The number of hydrogen-bond donors (Lipinski definition) is 1. The van der Waals surface area contributed by atoms with Gasteiger partial charge in [0.2, 0.25) is 10.0 Å². The van der Waals surface area contributed by atoms with Gasteiger partial charge in [0.25, 0.3) is 5.91 Å². The molecule has 0 spiro atoms. The molecule has 0 bridgehead atoms. The van der Waals surface area contributed by atoms with Crippen molar-refractivity contribution in [3.05, 3.63) is 59.7 Å². The Morgan fingerprint density at radius 2 is 1.79 bits per heavy atom. The average Bonchev–Trinajstić information content (AvgIpc) is 2.75. The Labute approximate surface area is 169 Å². The van der Waals surface area contributed by atoms with Gasteiger partial charge in [0, 0.05) is 29.3 Å². The number of rotatable bonds is 4. The molecule has 8 heteroatoms. The highest BCUT2D eigenvalue weighted by atomic mass is 32.2. The van der Waals surface area contributed by atoms with E-state index in [1.165, 1.54) is 21.3 Å². The summed E-state index contributed by atoms with van der Waals surface area (Å²) in [6, 6.07) is 14.2. The van der Waals surface area contributed by atoms with Gasteiger partial charge in [-0.15, -0.1) is 11.8 Å². The van der Waals surface area contributed by atoms with Crippen LogP contribution in [0.4, 0.5) is 0 Å². The minimum atomic E-state index is -3.55. The molecule has 28 heavy (non-hydrogen) atoms. The zero-order chi connectivity index (χ0) is 19.6. The van der Waals surface area contributed by atoms with Crippen LogP contribution in [0.1, 0.15) is 28.4 Å². The van der Waals surface area contributed by atoms with Crippen LogP contribution in [-0.2, 0) is 14.8 Å².